The molecule has 0 radical (unpaired) electrons. The van der Waals surface area contributed by atoms with Crippen LogP contribution >= 0.6 is 13.5 Å². The summed E-state index contributed by atoms with van der Waals surface area (Å²) in [6.07, 6.45) is 3.75. The van der Waals surface area contributed by atoms with Gasteiger partial charge in [-0.3, -0.25) is 11.3 Å². The Kier molecular flexibility index (Phi) is 14.3. The predicted octanol–water partition coefficient (Wildman–Crippen LogP) is 0.753. The van der Waals surface area contributed by atoms with Crippen LogP contribution in [0, 0.1) is 0 Å². The average molecular weight is 136 g/mol. The normalized spacial score (nSPS) is 8.25. The van der Waals surface area contributed by atoms with E-state index in [1.54, 1.807) is 0 Å². The van der Waals surface area contributed by atoms with Gasteiger partial charge in [-0.25, -0.2) is 0 Å². The van der Waals surface area contributed by atoms with Gasteiger partial charge in [-0.05, 0) is 6.42 Å². The van der Waals surface area contributed by atoms with E-state index in [1.807, 2.05) is 0 Å². The summed E-state index contributed by atoms with van der Waals surface area (Å²) in [7, 11) is 0. The Labute approximate surface area is 58.3 Å². The van der Waals surface area contributed by atoms with Crippen LogP contribution in [0.2, 0.25) is 0 Å². The number of nitrogens with one attached hydrogen (secondary N) is 1. The molecule has 0 aromatic heterocycles. The van der Waals surface area contributed by atoms with Crippen molar-refractivity contribution in [3.05, 3.63) is 0 Å². The maximum Gasteiger partial charge on any atom is 0.00974 e. The maximum absolute atomic E-state index is 5.02. The minimum absolute atomic E-state index is 0. The Bertz CT molecular complexity index is 29.6. The van der Waals surface area contributed by atoms with Gasteiger partial charge in [-0.1, -0.05) is 19.8 Å². The minimum Gasteiger partial charge on any atom is -0.271 e. The summed E-state index contributed by atoms with van der Waals surface area (Å²) < 4.78 is 0. The van der Waals surface area contributed by atoms with Crippen LogP contribution in [0.1, 0.15) is 26.2 Å². The Morgan fingerprint density at radius 2 is 2.00 bits per heavy atom. The second-order valence-corrected chi connectivity index (χ2v) is 1.66. The molecule has 0 aliphatic carbocycles. The van der Waals surface area contributed by atoms with Gasteiger partial charge in [0.1, 0.15) is 0 Å². The molecule has 3 N–H and O–H groups in total. The van der Waals surface area contributed by atoms with Gasteiger partial charge < -0.3 is 0 Å². The SMILES string of the molecule is CCCCCNN.S. The van der Waals surface area contributed by atoms with E-state index in [0.717, 1.165) is 6.54 Å². The molecule has 0 unspecified atom stereocenters. The first-order valence-electron chi connectivity index (χ1n) is 2.85. The van der Waals surface area contributed by atoms with Crippen LogP contribution in [0.4, 0.5) is 0 Å². The minimum atomic E-state index is 0. The molecule has 0 atom stereocenters. The van der Waals surface area contributed by atoms with Crippen LogP contribution in [-0.2, 0) is 0 Å². The van der Waals surface area contributed by atoms with E-state index in [9.17, 15) is 0 Å². The summed E-state index contributed by atoms with van der Waals surface area (Å²) in [6, 6.07) is 0. The third-order valence-electron chi connectivity index (χ3n) is 0.925. The molecule has 0 aliphatic rings. The zero-order valence-corrected chi connectivity index (χ0v) is 6.41. The summed E-state index contributed by atoms with van der Waals surface area (Å²) in [4.78, 5) is 0. The second kappa shape index (κ2) is 10.3. The van der Waals surface area contributed by atoms with Crippen molar-refractivity contribution in [1.29, 1.82) is 0 Å². The van der Waals surface area contributed by atoms with Gasteiger partial charge in [0.05, 0.1) is 0 Å². The van der Waals surface area contributed by atoms with Gasteiger partial charge in [-0.15, -0.1) is 0 Å². The Morgan fingerprint density at radius 3 is 2.38 bits per heavy atom. The lowest BCUT2D eigenvalue weighted by molar-refractivity contribution is 0.637. The van der Waals surface area contributed by atoms with E-state index in [4.69, 9.17) is 5.84 Å². The molecule has 0 saturated heterocycles. The highest BCUT2D eigenvalue weighted by Gasteiger charge is 1.79. The smallest absolute Gasteiger partial charge is 0.00974 e. The molecule has 2 nitrogen and oxygen atoms in total. The van der Waals surface area contributed by atoms with Crippen molar-refractivity contribution < 1.29 is 0 Å². The molecule has 0 fully saturated rings. The summed E-state index contributed by atoms with van der Waals surface area (Å²) in [5, 5.41) is 0. The molecular formula is C5H16N2S. The van der Waals surface area contributed by atoms with Crippen LogP contribution in [0.25, 0.3) is 0 Å². The van der Waals surface area contributed by atoms with Crippen molar-refractivity contribution in [1.82, 2.24) is 5.43 Å². The van der Waals surface area contributed by atoms with Crippen LogP contribution in [0.5, 0.6) is 0 Å². The lowest BCUT2D eigenvalue weighted by Gasteiger charge is -1.93. The molecule has 0 aromatic rings. The van der Waals surface area contributed by atoms with Gasteiger partial charge >= 0.3 is 0 Å². The second-order valence-electron chi connectivity index (χ2n) is 1.66. The lowest BCUT2D eigenvalue weighted by atomic mass is 10.3. The number of hydrogen-bond donors (Lipinski definition) is 2. The van der Waals surface area contributed by atoms with E-state index in [0.29, 0.717) is 0 Å². The fourth-order valence-corrected chi connectivity index (χ4v) is 0.477. The predicted molar refractivity (Wildman–Crippen MR) is 42.1 cm³/mol. The van der Waals surface area contributed by atoms with Gasteiger partial charge in [0.2, 0.25) is 0 Å². The third kappa shape index (κ3) is 9.55. The first-order valence-corrected chi connectivity index (χ1v) is 2.85. The zero-order valence-electron chi connectivity index (χ0n) is 5.41. The molecule has 0 aromatic carbocycles. The molecular weight excluding hydrogens is 120 g/mol. The average Bonchev–Trinajstić information content (AvgIpc) is 1.69. The molecule has 0 saturated carbocycles. The Morgan fingerprint density at radius 1 is 1.38 bits per heavy atom. The number of unbranched alkanes of at least 4 members (excludes halogenated alkanes) is 2. The Hall–Kier alpha value is 0.270. The quantitative estimate of drug-likeness (QED) is 0.340. The lowest BCUT2D eigenvalue weighted by Crippen LogP contribution is -2.22. The van der Waals surface area contributed by atoms with Gasteiger partial charge in [0, 0.05) is 6.54 Å². The van der Waals surface area contributed by atoms with Crippen molar-refractivity contribution in [3.8, 4) is 0 Å². The van der Waals surface area contributed by atoms with E-state index < -0.39 is 0 Å². The molecule has 0 bridgehead atoms. The third-order valence-corrected chi connectivity index (χ3v) is 0.925. The standard InChI is InChI=1S/C5H14N2.H2S/c1-2-3-4-5-7-6;/h7H,2-6H2,1H3;1H2. The van der Waals surface area contributed by atoms with Crippen molar-refractivity contribution in [2.45, 2.75) is 26.2 Å². The van der Waals surface area contributed by atoms with Crippen LogP contribution in [0.3, 0.4) is 0 Å². The highest BCUT2D eigenvalue weighted by molar-refractivity contribution is 7.59. The van der Waals surface area contributed by atoms with Gasteiger partial charge in [-0.2, -0.15) is 13.5 Å². The molecule has 0 aliphatic heterocycles. The fourth-order valence-electron chi connectivity index (χ4n) is 0.477. The highest BCUT2D eigenvalue weighted by Crippen LogP contribution is 1.89. The van der Waals surface area contributed by atoms with E-state index in [1.165, 1.54) is 19.3 Å². The van der Waals surface area contributed by atoms with Crippen LogP contribution in [0.15, 0.2) is 0 Å². The van der Waals surface area contributed by atoms with Crippen LogP contribution < -0.4 is 11.3 Å². The monoisotopic (exact) mass is 136 g/mol. The molecule has 0 amide bonds. The van der Waals surface area contributed by atoms with Gasteiger partial charge in [0.25, 0.3) is 0 Å². The number of rotatable bonds is 4. The van der Waals surface area contributed by atoms with E-state index in [2.05, 4.69) is 12.3 Å². The summed E-state index contributed by atoms with van der Waals surface area (Å²) in [5.74, 6) is 5.02. The topological polar surface area (TPSA) is 38.0 Å². The maximum atomic E-state index is 5.02. The molecule has 8 heavy (non-hydrogen) atoms. The first kappa shape index (κ1) is 11.1. The Balaban J connectivity index is 0. The van der Waals surface area contributed by atoms with Crippen molar-refractivity contribution in [3.63, 3.8) is 0 Å². The van der Waals surface area contributed by atoms with Crippen molar-refractivity contribution >= 4 is 13.5 Å². The number of hydrazine groups is 1. The highest BCUT2D eigenvalue weighted by atomic mass is 32.1. The van der Waals surface area contributed by atoms with E-state index >= 15 is 0 Å². The van der Waals surface area contributed by atoms with Crippen molar-refractivity contribution in [2.75, 3.05) is 6.54 Å². The zero-order chi connectivity index (χ0) is 5.54. The van der Waals surface area contributed by atoms with E-state index in [-0.39, 0.29) is 13.5 Å². The largest absolute Gasteiger partial charge is 0.271 e. The molecule has 3 heteroatoms. The van der Waals surface area contributed by atoms with Crippen molar-refractivity contribution in [2.24, 2.45) is 5.84 Å². The molecule has 0 spiro atoms. The fraction of sp³-hybridized carbons (Fsp3) is 1.00. The molecule has 0 rings (SSSR count). The van der Waals surface area contributed by atoms with Crippen LogP contribution in [-0.4, -0.2) is 6.54 Å². The molecule has 0 heterocycles. The van der Waals surface area contributed by atoms with Gasteiger partial charge in [0.15, 0.2) is 0 Å². The molecule has 52 valence electrons. The summed E-state index contributed by atoms with van der Waals surface area (Å²) >= 11 is 0. The first-order chi connectivity index (χ1) is 3.41. The summed E-state index contributed by atoms with van der Waals surface area (Å²) in [6.45, 7) is 3.13. The number of hydrogen-bond acceptors (Lipinski definition) is 2. The summed E-state index contributed by atoms with van der Waals surface area (Å²) in [5.41, 5.74) is 2.60. The number of nitrogens with two attached hydrogens (primary N) is 1.